The average molecular weight is 439 g/mol. The Balaban J connectivity index is -0.000000176. The minimum absolute atomic E-state index is 0. The first kappa shape index (κ1) is 46.4. The number of esters is 3. The zero-order chi connectivity index (χ0) is 18.6. The van der Waals surface area contributed by atoms with E-state index in [1.165, 1.54) is 6.08 Å². The van der Waals surface area contributed by atoms with Crippen LogP contribution in [0.2, 0.25) is 0 Å². The van der Waals surface area contributed by atoms with Gasteiger partial charge in [-0.05, 0) is 11.8 Å². The fourth-order valence-corrected chi connectivity index (χ4v) is 2.00. The number of hydrogen-bond acceptors (Lipinski definition) is 6. The Morgan fingerprint density at radius 1 is 0.867 bits per heavy atom. The lowest BCUT2D eigenvalue weighted by molar-refractivity contribution is -0.156. The Bertz CT molecular complexity index is 429. The fourth-order valence-electron chi connectivity index (χ4n) is 2.00. The molecule has 0 spiro atoms. The molecule has 0 saturated heterocycles. The third-order valence-corrected chi connectivity index (χ3v) is 3.70. The molecule has 6 heteroatoms. The molecular formula is C24H54O6. The lowest BCUT2D eigenvalue weighted by Crippen LogP contribution is -2.24. The van der Waals surface area contributed by atoms with Crippen LogP contribution >= 0.6 is 0 Å². The van der Waals surface area contributed by atoms with E-state index in [4.69, 9.17) is 14.2 Å². The van der Waals surface area contributed by atoms with Gasteiger partial charge in [-0.3, -0.25) is 14.4 Å². The van der Waals surface area contributed by atoms with E-state index in [0.29, 0.717) is 0 Å². The van der Waals surface area contributed by atoms with Crippen LogP contribution in [0.3, 0.4) is 0 Å². The topological polar surface area (TPSA) is 78.9 Å². The predicted molar refractivity (Wildman–Crippen MR) is 131 cm³/mol. The maximum atomic E-state index is 11.9. The SMILES string of the molecule is C.C.C.C.C.C.C=CCOC(=O)CCC(=O)OCCOC(=O)C(C)CC(C)(C)CC. The van der Waals surface area contributed by atoms with Crippen molar-refractivity contribution in [1.82, 2.24) is 0 Å². The second kappa shape index (κ2) is 25.2. The Kier molecular flexibility index (Phi) is 38.9. The second-order valence-electron chi connectivity index (χ2n) is 6.48. The third-order valence-electron chi connectivity index (χ3n) is 3.70. The Hall–Kier alpha value is -1.85. The molecule has 186 valence electrons. The lowest BCUT2D eigenvalue weighted by Gasteiger charge is -2.25. The van der Waals surface area contributed by atoms with Crippen LogP contribution in [0, 0.1) is 11.3 Å². The van der Waals surface area contributed by atoms with Crippen LogP contribution < -0.4 is 0 Å². The summed E-state index contributed by atoms with van der Waals surface area (Å²) in [7, 11) is 0. The molecule has 0 aliphatic carbocycles. The number of carbonyl (C=O) groups excluding carboxylic acids is 3. The molecule has 0 rings (SSSR count). The molecule has 0 aromatic rings. The number of carbonyl (C=O) groups is 3. The van der Waals surface area contributed by atoms with Gasteiger partial charge in [0.15, 0.2) is 0 Å². The molecule has 0 fully saturated rings. The van der Waals surface area contributed by atoms with E-state index in [9.17, 15) is 14.4 Å². The Labute approximate surface area is 188 Å². The number of ether oxygens (including phenoxy) is 3. The zero-order valence-corrected chi connectivity index (χ0v) is 15.3. The summed E-state index contributed by atoms with van der Waals surface area (Å²) in [5, 5.41) is 0. The predicted octanol–water partition coefficient (Wildman–Crippen LogP) is 6.86. The molecule has 1 unspecified atom stereocenters. The summed E-state index contributed by atoms with van der Waals surface area (Å²) < 4.78 is 14.7. The summed E-state index contributed by atoms with van der Waals surface area (Å²) in [6.07, 6.45) is 3.07. The Morgan fingerprint density at radius 3 is 1.73 bits per heavy atom. The minimum Gasteiger partial charge on any atom is -0.462 e. The summed E-state index contributed by atoms with van der Waals surface area (Å²) >= 11 is 0. The molecule has 0 heterocycles. The molecule has 0 saturated carbocycles. The summed E-state index contributed by atoms with van der Waals surface area (Å²) in [5.74, 6) is -1.50. The van der Waals surface area contributed by atoms with Crippen molar-refractivity contribution in [3.05, 3.63) is 12.7 Å². The highest BCUT2D eigenvalue weighted by atomic mass is 16.6. The van der Waals surface area contributed by atoms with Crippen LogP contribution in [0.1, 0.15) is 97.9 Å². The van der Waals surface area contributed by atoms with Gasteiger partial charge in [0.1, 0.15) is 19.8 Å². The molecule has 0 amide bonds. The van der Waals surface area contributed by atoms with Gasteiger partial charge >= 0.3 is 17.9 Å². The van der Waals surface area contributed by atoms with Crippen molar-refractivity contribution in [2.45, 2.75) is 97.9 Å². The van der Waals surface area contributed by atoms with Crippen molar-refractivity contribution in [3.63, 3.8) is 0 Å². The number of hydrogen-bond donors (Lipinski definition) is 0. The van der Waals surface area contributed by atoms with Crippen LogP contribution in [-0.4, -0.2) is 37.7 Å². The van der Waals surface area contributed by atoms with E-state index in [0.717, 1.165) is 12.8 Å². The highest BCUT2D eigenvalue weighted by Gasteiger charge is 2.24. The van der Waals surface area contributed by atoms with Crippen molar-refractivity contribution in [1.29, 1.82) is 0 Å². The molecule has 0 bridgehead atoms. The molecule has 6 nitrogen and oxygen atoms in total. The maximum absolute atomic E-state index is 11.9. The van der Waals surface area contributed by atoms with Crippen molar-refractivity contribution in [2.24, 2.45) is 11.3 Å². The highest BCUT2D eigenvalue weighted by Crippen LogP contribution is 2.29. The molecule has 0 aliphatic rings. The highest BCUT2D eigenvalue weighted by molar-refractivity contribution is 5.77. The van der Waals surface area contributed by atoms with Gasteiger partial charge in [0, 0.05) is 0 Å². The van der Waals surface area contributed by atoms with E-state index in [-0.39, 0.29) is 94.5 Å². The zero-order valence-electron chi connectivity index (χ0n) is 15.3. The molecule has 0 N–H and O–H groups in total. The average Bonchev–Trinajstić information content (AvgIpc) is 2.54. The van der Waals surface area contributed by atoms with Crippen molar-refractivity contribution >= 4 is 17.9 Å². The van der Waals surface area contributed by atoms with Crippen molar-refractivity contribution in [2.75, 3.05) is 19.8 Å². The van der Waals surface area contributed by atoms with Crippen LogP contribution in [0.25, 0.3) is 0 Å². The van der Waals surface area contributed by atoms with Gasteiger partial charge in [0.2, 0.25) is 0 Å². The van der Waals surface area contributed by atoms with Crippen LogP contribution in [0.5, 0.6) is 0 Å². The van der Waals surface area contributed by atoms with E-state index in [1.807, 2.05) is 6.92 Å². The quantitative estimate of drug-likeness (QED) is 0.143. The van der Waals surface area contributed by atoms with Gasteiger partial charge in [-0.25, -0.2) is 0 Å². The van der Waals surface area contributed by atoms with Gasteiger partial charge in [-0.2, -0.15) is 0 Å². The summed E-state index contributed by atoms with van der Waals surface area (Å²) in [6.45, 7) is 11.7. The van der Waals surface area contributed by atoms with Gasteiger partial charge in [0.25, 0.3) is 0 Å². The van der Waals surface area contributed by atoms with Crippen LogP contribution in [0.4, 0.5) is 0 Å². The monoisotopic (exact) mass is 438 g/mol. The first-order chi connectivity index (χ1) is 11.2. The number of rotatable bonds is 12. The van der Waals surface area contributed by atoms with Crippen molar-refractivity contribution in [3.8, 4) is 0 Å². The molecular weight excluding hydrogens is 384 g/mol. The molecule has 1 atom stereocenters. The normalized spacial score (nSPS) is 9.73. The Morgan fingerprint density at radius 2 is 1.30 bits per heavy atom. The van der Waals surface area contributed by atoms with Crippen LogP contribution in [0.15, 0.2) is 12.7 Å². The van der Waals surface area contributed by atoms with Crippen LogP contribution in [-0.2, 0) is 28.6 Å². The lowest BCUT2D eigenvalue weighted by atomic mass is 9.81. The maximum Gasteiger partial charge on any atom is 0.308 e. The summed E-state index contributed by atoms with van der Waals surface area (Å²) in [5.41, 5.74) is 0.0884. The molecule has 0 aromatic heterocycles. The van der Waals surface area contributed by atoms with Gasteiger partial charge in [-0.1, -0.05) is 91.3 Å². The smallest absolute Gasteiger partial charge is 0.308 e. The largest absolute Gasteiger partial charge is 0.462 e. The van der Waals surface area contributed by atoms with E-state index < -0.39 is 11.9 Å². The summed E-state index contributed by atoms with van der Waals surface area (Å²) in [4.78, 5) is 34.5. The van der Waals surface area contributed by atoms with E-state index in [1.54, 1.807) is 0 Å². The second-order valence-corrected chi connectivity index (χ2v) is 6.48. The van der Waals surface area contributed by atoms with Gasteiger partial charge < -0.3 is 14.2 Å². The first-order valence-electron chi connectivity index (χ1n) is 8.30. The molecule has 0 aliphatic heterocycles. The molecule has 30 heavy (non-hydrogen) atoms. The molecule has 0 radical (unpaired) electrons. The van der Waals surface area contributed by atoms with Gasteiger partial charge in [0.05, 0.1) is 18.8 Å². The minimum atomic E-state index is -0.526. The van der Waals surface area contributed by atoms with Crippen molar-refractivity contribution < 1.29 is 28.6 Å². The van der Waals surface area contributed by atoms with Gasteiger partial charge in [-0.15, -0.1) is 0 Å². The standard InChI is InChI=1S/C18H30O6.6CH4/c1-6-10-22-15(19)8-9-16(20)23-11-12-24-17(21)14(3)13-18(4,5)7-2;;;;;;/h6,14H,1,7-13H2,2-5H3;6*1H4. The third kappa shape index (κ3) is 24.2. The molecule has 0 aromatic carbocycles. The van der Waals surface area contributed by atoms with E-state index >= 15 is 0 Å². The fraction of sp³-hybridized carbons (Fsp3) is 0.792. The summed E-state index contributed by atoms with van der Waals surface area (Å²) in [6, 6.07) is 0. The first-order valence-corrected chi connectivity index (χ1v) is 8.30. The van der Waals surface area contributed by atoms with E-state index in [2.05, 4.69) is 27.4 Å².